The third-order valence-electron chi connectivity index (χ3n) is 21.2. The van der Waals surface area contributed by atoms with Gasteiger partial charge in [-0.2, -0.15) is 0 Å². The lowest BCUT2D eigenvalue weighted by Crippen LogP contribution is -2.14. The highest BCUT2D eigenvalue weighted by molar-refractivity contribution is 7.93. The fraction of sp³-hybridized carbons (Fsp3) is 0.226. The van der Waals surface area contributed by atoms with Crippen molar-refractivity contribution in [3.8, 4) is 0 Å². The van der Waals surface area contributed by atoms with Crippen molar-refractivity contribution < 1.29 is 68.1 Å². The van der Waals surface area contributed by atoms with E-state index in [0.29, 0.717) is 51.5 Å². The fourth-order valence-corrected chi connectivity index (χ4v) is 24.3. The minimum Gasteiger partial charge on any atom is -0.370 e. The van der Waals surface area contributed by atoms with Crippen molar-refractivity contribution in [2.45, 2.75) is 142 Å². The van der Waals surface area contributed by atoms with Crippen LogP contribution < -0.4 is 30.7 Å². The molecule has 46 heteroatoms. The Bertz CT molecular complexity index is 8560. The maximum Gasteiger partial charge on any atom is 0.214 e. The smallest absolute Gasteiger partial charge is 0.214 e. The molecule has 0 bridgehead atoms. The lowest BCUT2D eigenvalue weighted by Gasteiger charge is -2.11. The van der Waals surface area contributed by atoms with Gasteiger partial charge in [0, 0.05) is 132 Å². The van der Waals surface area contributed by atoms with Crippen molar-refractivity contribution in [1.82, 2.24) is 87.6 Å². The lowest BCUT2D eigenvalue weighted by molar-refractivity contribution is 0.590. The Morgan fingerprint density at radius 2 is 0.424 bits per heavy atom. The van der Waals surface area contributed by atoms with Crippen molar-refractivity contribution in [2.24, 2.45) is 0 Å². The van der Waals surface area contributed by atoms with Gasteiger partial charge in [0.25, 0.3) is 0 Å². The highest BCUT2D eigenvalue weighted by Crippen LogP contribution is 2.40. The number of nitrogens with zero attached hydrogens (tertiary/aromatic N) is 21. The van der Waals surface area contributed by atoms with Gasteiger partial charge in [-0.15, -0.1) is 30.6 Å². The van der Waals surface area contributed by atoms with E-state index in [2.05, 4.69) is 76.4 Å². The number of fused-ring (bicyclic) bond motifs is 6. The number of aryl methyl sites for hydroxylation is 12. The molecule has 0 aliphatic carbocycles. The standard InChI is InChI=1S/2C16H17FN4O2S.C16H18N4O2S.2C15H15FN4O2S.C15H16N4O2S/c1-10-9-11(2)21-15(18-10)14(16(19-21)20(3)4)24(22,23)13-7-5-12(17)6-8-13;1-10-8-11(2)21-15(18-10)14(16(19-21)20(3)4)24(22,23)13-7-5-6-12(17)9-13;1-11-10-12(2)20-15(17-11)14(16(18-20)19(3)4)23(21,22)13-8-6-5-7-9-13;1-9-8-10(2)20-15(18-9)13(14(17-3)19-20)23(21,22)12-6-4-11(16)5-7-12;1-9-7-10(2)20-15(18-9)13(14(17-3)19-20)23(21,22)12-6-4-5-11(16)8-12;1-10-9-11(2)19-15(17-10)13(14(16-3)18-19)22(20,21)12-7-5-4-6-8-12/h2*5-9H,1-4H3;5-10H,1-4H3;2*4-8H,1-3H3,(H,17,19);4-9H,1-3H3,(H,16,18). The quantitative estimate of drug-likeness (QED) is 0.0530. The van der Waals surface area contributed by atoms with Crippen LogP contribution in [0.3, 0.4) is 0 Å². The van der Waals surface area contributed by atoms with Gasteiger partial charge < -0.3 is 30.7 Å². The number of halogens is 4. The fourth-order valence-electron chi connectivity index (χ4n) is 15.0. The molecular weight excluding hydrogens is 1910 g/mol. The molecule has 0 fully saturated rings. The zero-order chi connectivity index (χ0) is 102. The van der Waals surface area contributed by atoms with E-state index in [0.717, 1.165) is 81.9 Å². The molecule has 6 aromatic carbocycles. The molecule has 12 aromatic heterocycles. The maximum atomic E-state index is 13.5. The number of sulfone groups is 6. The van der Waals surface area contributed by atoms with Crippen LogP contribution in [0.2, 0.25) is 0 Å². The van der Waals surface area contributed by atoms with Gasteiger partial charge in [-0.05, 0) is 229 Å². The molecule has 0 saturated heterocycles. The summed E-state index contributed by atoms with van der Waals surface area (Å²) in [6.45, 7) is 21.9. The summed E-state index contributed by atoms with van der Waals surface area (Å²) >= 11 is 0. The third-order valence-corrected chi connectivity index (χ3v) is 32.0. The van der Waals surface area contributed by atoms with E-state index in [-0.39, 0.29) is 98.8 Å². The first-order valence-electron chi connectivity index (χ1n) is 42.3. The highest BCUT2D eigenvalue weighted by Gasteiger charge is 2.37. The molecule has 18 rings (SSSR count). The van der Waals surface area contributed by atoms with Crippen LogP contribution in [-0.4, -0.2) is 202 Å². The van der Waals surface area contributed by atoms with Crippen molar-refractivity contribution in [2.75, 3.05) is 94.1 Å². The van der Waals surface area contributed by atoms with Crippen LogP contribution >= 0.6 is 0 Å². The second kappa shape index (κ2) is 39.8. The van der Waals surface area contributed by atoms with Gasteiger partial charge in [-0.25, -0.2) is 125 Å². The van der Waals surface area contributed by atoms with Gasteiger partial charge in [0.05, 0.1) is 29.4 Å². The zero-order valence-electron chi connectivity index (χ0n) is 79.2. The van der Waals surface area contributed by atoms with Gasteiger partial charge in [0.15, 0.2) is 98.2 Å². The van der Waals surface area contributed by atoms with Crippen LogP contribution in [0, 0.1) is 106 Å². The van der Waals surface area contributed by atoms with Crippen molar-refractivity contribution in [1.29, 1.82) is 0 Å². The van der Waals surface area contributed by atoms with Gasteiger partial charge in [-0.3, -0.25) is 0 Å². The summed E-state index contributed by atoms with van der Waals surface area (Å²) in [4.78, 5) is 31.4. The summed E-state index contributed by atoms with van der Waals surface area (Å²) < 4.78 is 219. The van der Waals surface area contributed by atoms with Crippen molar-refractivity contribution in [3.63, 3.8) is 0 Å². The first kappa shape index (κ1) is 102. The molecule has 0 aliphatic rings. The SMILES string of the molecule is CNc1nn2c(C)cc(C)nc2c1S(=O)(=O)c1ccc(F)cc1.CNc1nn2c(C)cc(C)nc2c1S(=O)(=O)c1cccc(F)c1.CNc1nn2c(C)cc(C)nc2c1S(=O)(=O)c1ccccc1.Cc1cc(C)n2nc(N(C)C)c(S(=O)(=O)c3ccc(F)cc3)c2n1.Cc1cc(C)n2nc(N(C)C)c(S(=O)(=O)c3cccc(F)c3)c2n1.Cc1cc(C)n2nc(N(C)C)c(S(=O)(=O)c3ccccc3)c2n1. The Morgan fingerprint density at radius 3 is 0.647 bits per heavy atom. The van der Waals surface area contributed by atoms with E-state index in [9.17, 15) is 68.1 Å². The largest absolute Gasteiger partial charge is 0.370 e. The summed E-state index contributed by atoms with van der Waals surface area (Å²) in [5.74, 6) is -0.603. The highest BCUT2D eigenvalue weighted by atomic mass is 32.2. The molecule has 0 spiro atoms. The van der Waals surface area contributed by atoms with Crippen LogP contribution in [0.1, 0.15) is 68.3 Å². The number of aromatic nitrogens is 18. The lowest BCUT2D eigenvalue weighted by atomic mass is 10.3. The van der Waals surface area contributed by atoms with E-state index in [1.54, 1.807) is 182 Å². The topological polar surface area (TPSA) is 432 Å². The van der Waals surface area contributed by atoms with Gasteiger partial charge in [-0.1, -0.05) is 48.5 Å². The summed E-state index contributed by atoms with van der Waals surface area (Å²) in [6.07, 6.45) is 0. The molecule has 12 heterocycles. The average molecular weight is 2010 g/mol. The Morgan fingerprint density at radius 1 is 0.230 bits per heavy atom. The minimum atomic E-state index is -3.98. The predicted octanol–water partition coefficient (Wildman–Crippen LogP) is 14.0. The van der Waals surface area contributed by atoms with Crippen LogP contribution in [0.5, 0.6) is 0 Å². The summed E-state index contributed by atoms with van der Waals surface area (Å²) in [5.41, 5.74) is 10.6. The monoisotopic (exact) mass is 2010 g/mol. The van der Waals surface area contributed by atoms with E-state index in [4.69, 9.17) is 0 Å². The Balaban J connectivity index is 0.000000141. The Labute approximate surface area is 799 Å². The second-order valence-electron chi connectivity index (χ2n) is 32.5. The molecule has 36 nitrogen and oxygen atoms in total. The molecule has 726 valence electrons. The molecule has 18 aromatic rings. The van der Waals surface area contributed by atoms with E-state index >= 15 is 0 Å². The average Bonchev–Trinajstić information content (AvgIpc) is 1.62. The molecule has 0 radical (unpaired) electrons. The van der Waals surface area contributed by atoms with Gasteiger partial charge in [0.2, 0.25) is 59.0 Å². The number of nitrogens with one attached hydrogen (secondary N) is 3. The second-order valence-corrected chi connectivity index (χ2v) is 43.9. The van der Waals surface area contributed by atoms with Gasteiger partial charge in [0.1, 0.15) is 23.3 Å². The molecule has 0 unspecified atom stereocenters. The van der Waals surface area contributed by atoms with Crippen LogP contribution in [0.15, 0.2) is 253 Å². The van der Waals surface area contributed by atoms with E-state index < -0.39 is 82.3 Å². The summed E-state index contributed by atoms with van der Waals surface area (Å²) in [6, 6.07) is 46.9. The van der Waals surface area contributed by atoms with Crippen LogP contribution in [-0.2, 0) is 59.0 Å². The molecule has 139 heavy (non-hydrogen) atoms. The van der Waals surface area contributed by atoms with E-state index in [1.165, 1.54) is 78.7 Å². The summed E-state index contributed by atoms with van der Waals surface area (Å²) in [5, 5.41) is 34.5. The number of hydrogen-bond acceptors (Lipinski definition) is 30. The van der Waals surface area contributed by atoms with Gasteiger partial charge >= 0.3 is 0 Å². The van der Waals surface area contributed by atoms with Crippen LogP contribution in [0.4, 0.5) is 52.5 Å². The number of benzene rings is 6. The Kier molecular flexibility index (Phi) is 29.1. The molecule has 3 N–H and O–H groups in total. The molecular formula is C93H98F4N24O12S6. The van der Waals surface area contributed by atoms with Crippen LogP contribution in [0.25, 0.3) is 33.9 Å². The summed E-state index contributed by atoms with van der Waals surface area (Å²) in [7, 11) is -7.97. The molecule has 0 saturated carbocycles. The minimum absolute atomic E-state index is 0.00265. The molecule has 0 aliphatic heterocycles. The Hall–Kier alpha value is -14.7. The maximum absolute atomic E-state index is 13.5. The number of anilines is 6. The first-order chi connectivity index (χ1) is 65.4. The zero-order valence-corrected chi connectivity index (χ0v) is 84.1. The van der Waals surface area contributed by atoms with Crippen molar-refractivity contribution in [3.05, 3.63) is 286 Å². The number of rotatable bonds is 18. The van der Waals surface area contributed by atoms with E-state index in [1.807, 2.05) is 85.7 Å². The molecule has 0 amide bonds. The number of hydrogen-bond donors (Lipinski definition) is 3. The third kappa shape index (κ3) is 20.2. The first-order valence-corrected chi connectivity index (χ1v) is 51.2. The van der Waals surface area contributed by atoms with Crippen molar-refractivity contribution >= 4 is 128 Å². The normalized spacial score (nSPS) is 11.8. The molecule has 0 atom stereocenters. The predicted molar refractivity (Wildman–Crippen MR) is 518 cm³/mol.